The number of hydroxylamine groups is 2. The Balaban J connectivity index is 4.25. The van der Waals surface area contributed by atoms with E-state index in [9.17, 15) is 0 Å². The zero-order valence-corrected chi connectivity index (χ0v) is 16.4. The van der Waals surface area contributed by atoms with Crippen LogP contribution in [0.1, 0.15) is 75.7 Å². The van der Waals surface area contributed by atoms with Crippen LogP contribution in [-0.4, -0.2) is 36.5 Å². The molecule has 3 heteroatoms. The van der Waals surface area contributed by atoms with E-state index in [-0.39, 0.29) is 22.0 Å². The molecule has 0 aliphatic heterocycles. The fourth-order valence-electron chi connectivity index (χ4n) is 2.17. The first kappa shape index (κ1) is 20.9. The molecule has 0 amide bonds. The Hall–Kier alpha value is -0.120. The van der Waals surface area contributed by atoms with Gasteiger partial charge in [-0.3, -0.25) is 4.84 Å². The molecule has 0 saturated carbocycles. The normalized spacial score (nSPS) is 14.9. The van der Waals surface area contributed by atoms with E-state index in [1.165, 1.54) is 0 Å². The molecule has 21 heavy (non-hydrogen) atoms. The maximum absolute atomic E-state index is 6.06. The van der Waals surface area contributed by atoms with Crippen LogP contribution in [0.2, 0.25) is 0 Å². The summed E-state index contributed by atoms with van der Waals surface area (Å²) >= 11 is 0. The predicted molar refractivity (Wildman–Crippen MR) is 91.4 cm³/mol. The van der Waals surface area contributed by atoms with Crippen LogP contribution in [0.15, 0.2) is 0 Å². The van der Waals surface area contributed by atoms with Crippen molar-refractivity contribution in [2.75, 3.05) is 20.2 Å². The van der Waals surface area contributed by atoms with Crippen molar-refractivity contribution in [2.45, 2.75) is 86.9 Å². The molecule has 0 aromatic carbocycles. The third-order valence-corrected chi connectivity index (χ3v) is 4.25. The molecule has 0 saturated heterocycles. The Morgan fingerprint density at radius 1 is 0.810 bits per heavy atom. The average molecular weight is 302 g/mol. The second-order valence-corrected chi connectivity index (χ2v) is 9.48. The number of ether oxygens (including phenoxy) is 1. The molecule has 128 valence electrons. The van der Waals surface area contributed by atoms with Crippen molar-refractivity contribution < 1.29 is 9.57 Å². The van der Waals surface area contributed by atoms with E-state index < -0.39 is 0 Å². The van der Waals surface area contributed by atoms with Crippen LogP contribution in [-0.2, 0) is 9.57 Å². The molecular weight excluding hydrogens is 262 g/mol. The van der Waals surface area contributed by atoms with Crippen molar-refractivity contribution in [3.05, 3.63) is 0 Å². The van der Waals surface area contributed by atoms with Crippen molar-refractivity contribution >= 4 is 0 Å². The predicted octanol–water partition coefficient (Wildman–Crippen LogP) is 4.91. The van der Waals surface area contributed by atoms with E-state index in [1.807, 2.05) is 12.1 Å². The summed E-state index contributed by atoms with van der Waals surface area (Å²) in [5, 5.41) is 1.97. The summed E-state index contributed by atoms with van der Waals surface area (Å²) in [6, 6.07) is 0. The van der Waals surface area contributed by atoms with E-state index in [0.29, 0.717) is 6.61 Å². The quantitative estimate of drug-likeness (QED) is 0.624. The maximum atomic E-state index is 6.06. The molecule has 0 bridgehead atoms. The summed E-state index contributed by atoms with van der Waals surface area (Å²) in [5.41, 5.74) is 0.153. The highest BCUT2D eigenvalue weighted by Crippen LogP contribution is 2.38. The van der Waals surface area contributed by atoms with Gasteiger partial charge in [0.2, 0.25) is 0 Å². The minimum absolute atomic E-state index is 0.121. The van der Waals surface area contributed by atoms with Crippen molar-refractivity contribution in [1.82, 2.24) is 5.06 Å². The maximum Gasteiger partial charge on any atom is 0.0712 e. The molecule has 0 N–H and O–H groups in total. The van der Waals surface area contributed by atoms with E-state index >= 15 is 0 Å². The van der Waals surface area contributed by atoms with Crippen LogP contribution < -0.4 is 0 Å². The van der Waals surface area contributed by atoms with E-state index in [0.717, 1.165) is 13.0 Å². The Morgan fingerprint density at radius 2 is 1.29 bits per heavy atom. The van der Waals surface area contributed by atoms with Gasteiger partial charge in [-0.15, -0.1) is 0 Å². The molecule has 0 aliphatic carbocycles. The lowest BCUT2D eigenvalue weighted by atomic mass is 9.69. The molecule has 0 unspecified atom stereocenters. The van der Waals surface area contributed by atoms with Gasteiger partial charge in [0.05, 0.1) is 17.8 Å². The molecule has 0 aromatic heterocycles. The first-order chi connectivity index (χ1) is 9.06. The van der Waals surface area contributed by atoms with Gasteiger partial charge in [0.25, 0.3) is 0 Å². The fourth-order valence-corrected chi connectivity index (χ4v) is 2.17. The molecule has 0 atom stereocenters. The minimum atomic E-state index is -0.168. The molecule has 0 aliphatic rings. The van der Waals surface area contributed by atoms with E-state index in [1.54, 1.807) is 0 Å². The zero-order chi connectivity index (χ0) is 17.1. The first-order valence-corrected chi connectivity index (χ1v) is 8.10. The highest BCUT2D eigenvalue weighted by atomic mass is 16.7. The van der Waals surface area contributed by atoms with Gasteiger partial charge in [-0.2, -0.15) is 5.06 Å². The summed E-state index contributed by atoms with van der Waals surface area (Å²) in [6.07, 6.45) is 0.880. The molecule has 3 nitrogen and oxygen atoms in total. The second kappa shape index (κ2) is 6.97. The molecule has 0 aromatic rings. The van der Waals surface area contributed by atoms with Crippen molar-refractivity contribution in [3.63, 3.8) is 0 Å². The summed E-state index contributed by atoms with van der Waals surface area (Å²) in [4.78, 5) is 5.88. The molecule has 0 heterocycles. The largest absolute Gasteiger partial charge is 0.370 e. The molecule has 0 rings (SSSR count). The van der Waals surface area contributed by atoms with Crippen LogP contribution in [0.4, 0.5) is 0 Å². The Bertz CT molecular complexity index is 308. The van der Waals surface area contributed by atoms with Crippen molar-refractivity contribution in [2.24, 2.45) is 10.8 Å². The van der Waals surface area contributed by atoms with Crippen LogP contribution in [0, 0.1) is 10.8 Å². The van der Waals surface area contributed by atoms with Gasteiger partial charge in [0, 0.05) is 20.0 Å². The minimum Gasteiger partial charge on any atom is -0.370 e. The SMILES string of the molecule is CN(CC(C)(C)C(C)(C)C)OCCC(C)(C)OC(C)(C)C. The third-order valence-electron chi connectivity index (χ3n) is 4.25. The first-order valence-electron chi connectivity index (χ1n) is 8.10. The van der Waals surface area contributed by atoms with E-state index in [2.05, 4.69) is 69.2 Å². The van der Waals surface area contributed by atoms with E-state index in [4.69, 9.17) is 9.57 Å². The molecule has 0 radical (unpaired) electrons. The summed E-state index contributed by atoms with van der Waals surface area (Å²) in [7, 11) is 2.02. The lowest BCUT2D eigenvalue weighted by Crippen LogP contribution is -2.41. The number of nitrogens with zero attached hydrogens (tertiary/aromatic N) is 1. The summed E-state index contributed by atoms with van der Waals surface area (Å²) in [6.45, 7) is 23.5. The topological polar surface area (TPSA) is 21.7 Å². The molecular formula is C18H39NO2. The summed E-state index contributed by atoms with van der Waals surface area (Å²) in [5.74, 6) is 0. The van der Waals surface area contributed by atoms with Gasteiger partial charge in [0.1, 0.15) is 0 Å². The lowest BCUT2D eigenvalue weighted by Gasteiger charge is -2.41. The monoisotopic (exact) mass is 301 g/mol. The van der Waals surface area contributed by atoms with Crippen molar-refractivity contribution in [3.8, 4) is 0 Å². The molecule has 0 fully saturated rings. The highest BCUT2D eigenvalue weighted by molar-refractivity contribution is 4.83. The van der Waals surface area contributed by atoms with Gasteiger partial charge >= 0.3 is 0 Å². The Labute approximate surface area is 133 Å². The van der Waals surface area contributed by atoms with Crippen molar-refractivity contribution in [1.29, 1.82) is 0 Å². The third kappa shape index (κ3) is 8.80. The van der Waals surface area contributed by atoms with Crippen LogP contribution in [0.5, 0.6) is 0 Å². The van der Waals surface area contributed by atoms with Gasteiger partial charge in [-0.1, -0.05) is 34.6 Å². The molecule has 0 spiro atoms. The smallest absolute Gasteiger partial charge is 0.0712 e. The van der Waals surface area contributed by atoms with Crippen LogP contribution in [0.25, 0.3) is 0 Å². The highest BCUT2D eigenvalue weighted by Gasteiger charge is 2.34. The van der Waals surface area contributed by atoms with Gasteiger partial charge in [0.15, 0.2) is 0 Å². The lowest BCUT2D eigenvalue weighted by molar-refractivity contribution is -0.186. The van der Waals surface area contributed by atoms with Gasteiger partial charge in [-0.25, -0.2) is 0 Å². The Kier molecular flexibility index (Phi) is 6.93. The van der Waals surface area contributed by atoms with Crippen LogP contribution >= 0.6 is 0 Å². The average Bonchev–Trinajstić information content (AvgIpc) is 2.09. The number of rotatable bonds is 7. The summed E-state index contributed by atoms with van der Waals surface area (Å²) < 4.78 is 6.06. The zero-order valence-electron chi connectivity index (χ0n) is 16.4. The van der Waals surface area contributed by atoms with Gasteiger partial charge in [-0.05, 0) is 45.4 Å². The number of hydrogen-bond donors (Lipinski definition) is 0. The Morgan fingerprint density at radius 3 is 1.67 bits per heavy atom. The fraction of sp³-hybridized carbons (Fsp3) is 1.00. The number of hydrogen-bond acceptors (Lipinski definition) is 3. The second-order valence-electron chi connectivity index (χ2n) is 9.48. The van der Waals surface area contributed by atoms with Crippen LogP contribution in [0.3, 0.4) is 0 Å². The van der Waals surface area contributed by atoms with Gasteiger partial charge < -0.3 is 4.74 Å². The standard InChI is InChI=1S/C18H39NO2/c1-15(2,3)17(7,8)14-19(11)20-13-12-18(9,10)21-16(4,5)6/h12-14H2,1-11H3.